The van der Waals surface area contributed by atoms with Crippen LogP contribution in [-0.2, 0) is 4.79 Å². The van der Waals surface area contributed by atoms with Gasteiger partial charge in [-0.25, -0.2) is 0 Å². The fourth-order valence-corrected chi connectivity index (χ4v) is 4.10. The topological polar surface area (TPSA) is 17.1 Å². The zero-order valence-electron chi connectivity index (χ0n) is 12.3. The highest BCUT2D eigenvalue weighted by Crippen LogP contribution is 2.53. The van der Waals surface area contributed by atoms with E-state index in [0.717, 1.165) is 17.8 Å². The molecule has 3 aliphatic carbocycles. The van der Waals surface area contributed by atoms with E-state index < -0.39 is 0 Å². The van der Waals surface area contributed by atoms with Crippen molar-refractivity contribution in [2.24, 2.45) is 35.5 Å². The lowest BCUT2D eigenvalue weighted by atomic mass is 9.54. The quantitative estimate of drug-likeness (QED) is 0.537. The number of hydrogen-bond donors (Lipinski definition) is 0. The Hall–Kier alpha value is -0.850. The lowest BCUT2D eigenvalue weighted by molar-refractivity contribution is -0.112. The lowest BCUT2D eigenvalue weighted by Gasteiger charge is -2.51. The van der Waals surface area contributed by atoms with Crippen molar-refractivity contribution >= 4 is 5.78 Å². The van der Waals surface area contributed by atoms with Crippen LogP contribution in [0.1, 0.15) is 41.0 Å². The van der Waals surface area contributed by atoms with Gasteiger partial charge >= 0.3 is 0 Å². The molecule has 5 atom stereocenters. The Morgan fingerprint density at radius 3 is 2.67 bits per heavy atom. The largest absolute Gasteiger partial charge is 0.295 e. The molecule has 18 heavy (non-hydrogen) atoms. The molecule has 1 fully saturated rings. The number of carbonyl (C=O) groups is 1. The smallest absolute Gasteiger partial charge is 0.152 e. The zero-order chi connectivity index (χ0) is 13.4. The van der Waals surface area contributed by atoms with Crippen LogP contribution in [0, 0.1) is 35.5 Å². The molecule has 1 nitrogen and oxygen atoms in total. The van der Waals surface area contributed by atoms with Crippen molar-refractivity contribution in [3.05, 3.63) is 23.8 Å². The molecule has 1 saturated carbocycles. The van der Waals surface area contributed by atoms with Gasteiger partial charge in [0.2, 0.25) is 0 Å². The normalized spacial score (nSPS) is 39.4. The molecule has 0 heterocycles. The van der Waals surface area contributed by atoms with Crippen LogP contribution < -0.4 is 0 Å². The van der Waals surface area contributed by atoms with E-state index in [1.54, 1.807) is 18.6 Å². The first-order valence-electron chi connectivity index (χ1n) is 7.29. The number of carbonyl (C=O) groups excluding carboxylic acids is 1. The maximum Gasteiger partial charge on any atom is 0.152 e. The Bertz CT molecular complexity index is 388. The van der Waals surface area contributed by atoms with Crippen molar-refractivity contribution in [1.29, 1.82) is 0 Å². The van der Waals surface area contributed by atoms with Crippen molar-refractivity contribution in [2.45, 2.75) is 41.0 Å². The Morgan fingerprint density at radius 2 is 2.11 bits per heavy atom. The van der Waals surface area contributed by atoms with Crippen LogP contribution >= 0.6 is 0 Å². The molecule has 3 aliphatic rings. The van der Waals surface area contributed by atoms with Gasteiger partial charge in [0.05, 0.1) is 0 Å². The van der Waals surface area contributed by atoms with E-state index in [-0.39, 0.29) is 5.78 Å². The maximum atomic E-state index is 11.2. The molecule has 0 spiro atoms. The van der Waals surface area contributed by atoms with Crippen LogP contribution in [0.2, 0.25) is 0 Å². The van der Waals surface area contributed by atoms with E-state index >= 15 is 0 Å². The molecule has 0 aromatic heterocycles. The third kappa shape index (κ3) is 2.32. The standard InChI is InChI=1S/C17H26O/c1-10(2)15-9-16-11(3)8-17(15)14(13(16)5)7-6-12(4)18/h6-8,10,13-17H,9H2,1-5H3/b7-6+/t13-,14+,15+,16-,17-/m0/s1. The zero-order valence-corrected chi connectivity index (χ0v) is 12.3. The summed E-state index contributed by atoms with van der Waals surface area (Å²) in [5, 5.41) is 0. The summed E-state index contributed by atoms with van der Waals surface area (Å²) < 4.78 is 0. The van der Waals surface area contributed by atoms with Crippen molar-refractivity contribution in [3.8, 4) is 0 Å². The summed E-state index contributed by atoms with van der Waals surface area (Å²) in [6, 6.07) is 0. The van der Waals surface area contributed by atoms with Gasteiger partial charge in [-0.2, -0.15) is 0 Å². The highest BCUT2D eigenvalue weighted by atomic mass is 16.1. The minimum atomic E-state index is 0.172. The van der Waals surface area contributed by atoms with Crippen molar-refractivity contribution in [1.82, 2.24) is 0 Å². The first kappa shape index (κ1) is 13.6. The van der Waals surface area contributed by atoms with E-state index in [1.165, 1.54) is 6.42 Å². The summed E-state index contributed by atoms with van der Waals surface area (Å²) in [6.07, 6.45) is 7.80. The summed E-state index contributed by atoms with van der Waals surface area (Å²) in [5.74, 6) is 4.31. The number of hydrogen-bond acceptors (Lipinski definition) is 1. The summed E-state index contributed by atoms with van der Waals surface area (Å²) in [6.45, 7) is 11.0. The van der Waals surface area contributed by atoms with Gasteiger partial charge in [0.25, 0.3) is 0 Å². The molecule has 0 unspecified atom stereocenters. The van der Waals surface area contributed by atoms with Crippen LogP contribution in [0.5, 0.6) is 0 Å². The highest BCUT2D eigenvalue weighted by Gasteiger charge is 2.45. The predicted octanol–water partition coefficient (Wildman–Crippen LogP) is 4.25. The summed E-state index contributed by atoms with van der Waals surface area (Å²) in [4.78, 5) is 11.2. The molecule has 0 N–H and O–H groups in total. The van der Waals surface area contributed by atoms with E-state index in [0.29, 0.717) is 17.8 Å². The Labute approximate surface area is 111 Å². The average Bonchev–Trinajstić information content (AvgIpc) is 2.27. The fraction of sp³-hybridized carbons (Fsp3) is 0.706. The van der Waals surface area contributed by atoms with Gasteiger partial charge in [-0.05, 0) is 61.9 Å². The number of fused-ring (bicyclic) bond motifs is 2. The Balaban J connectivity index is 2.28. The van der Waals surface area contributed by atoms with E-state index in [2.05, 4.69) is 39.8 Å². The Kier molecular flexibility index (Phi) is 3.79. The third-order valence-electron chi connectivity index (χ3n) is 5.16. The van der Waals surface area contributed by atoms with Gasteiger partial charge in [0, 0.05) is 0 Å². The molecule has 0 amide bonds. The lowest BCUT2D eigenvalue weighted by Crippen LogP contribution is -2.43. The molecular formula is C17H26O. The van der Waals surface area contributed by atoms with Gasteiger partial charge in [0.15, 0.2) is 5.78 Å². The van der Waals surface area contributed by atoms with Crippen LogP contribution in [-0.4, -0.2) is 5.78 Å². The predicted molar refractivity (Wildman–Crippen MR) is 76.2 cm³/mol. The molecule has 0 radical (unpaired) electrons. The maximum absolute atomic E-state index is 11.2. The second-order valence-electron chi connectivity index (χ2n) is 6.64. The Morgan fingerprint density at radius 1 is 1.44 bits per heavy atom. The summed E-state index contributed by atoms with van der Waals surface area (Å²) >= 11 is 0. The molecular weight excluding hydrogens is 220 g/mol. The van der Waals surface area contributed by atoms with Crippen LogP contribution in [0.15, 0.2) is 23.8 Å². The molecule has 0 aromatic rings. The van der Waals surface area contributed by atoms with E-state index in [9.17, 15) is 4.79 Å². The monoisotopic (exact) mass is 246 g/mol. The first-order chi connectivity index (χ1) is 8.41. The molecule has 0 saturated heterocycles. The van der Waals surface area contributed by atoms with E-state index in [1.807, 2.05) is 0 Å². The van der Waals surface area contributed by atoms with Gasteiger partial charge in [0.1, 0.15) is 0 Å². The molecule has 0 aromatic carbocycles. The minimum Gasteiger partial charge on any atom is -0.295 e. The SMILES string of the molecule is CC(=O)/C=C/[C@@H]1[C@H](C)[C@H]2C[C@H](C(C)C)[C@H]1C=C2C. The molecule has 3 rings (SSSR count). The van der Waals surface area contributed by atoms with Crippen molar-refractivity contribution in [2.75, 3.05) is 0 Å². The number of allylic oxidation sites excluding steroid dienone is 4. The van der Waals surface area contributed by atoms with Gasteiger partial charge in [-0.3, -0.25) is 4.79 Å². The minimum absolute atomic E-state index is 0.172. The first-order valence-corrected chi connectivity index (χ1v) is 7.29. The van der Waals surface area contributed by atoms with Crippen LogP contribution in [0.25, 0.3) is 0 Å². The van der Waals surface area contributed by atoms with Crippen LogP contribution in [0.4, 0.5) is 0 Å². The molecule has 1 heteroatoms. The van der Waals surface area contributed by atoms with E-state index in [4.69, 9.17) is 0 Å². The molecule has 100 valence electrons. The second kappa shape index (κ2) is 5.03. The second-order valence-corrected chi connectivity index (χ2v) is 6.64. The fourth-order valence-electron chi connectivity index (χ4n) is 4.10. The van der Waals surface area contributed by atoms with Crippen molar-refractivity contribution in [3.63, 3.8) is 0 Å². The molecule has 2 bridgehead atoms. The van der Waals surface area contributed by atoms with Gasteiger partial charge in [-0.1, -0.05) is 38.5 Å². The number of ketones is 1. The average molecular weight is 246 g/mol. The van der Waals surface area contributed by atoms with Gasteiger partial charge < -0.3 is 0 Å². The number of rotatable bonds is 3. The molecule has 0 aliphatic heterocycles. The highest BCUT2D eigenvalue weighted by molar-refractivity contribution is 5.87. The van der Waals surface area contributed by atoms with Crippen molar-refractivity contribution < 1.29 is 4.79 Å². The summed E-state index contributed by atoms with van der Waals surface area (Å²) in [7, 11) is 0. The van der Waals surface area contributed by atoms with Crippen LogP contribution in [0.3, 0.4) is 0 Å². The van der Waals surface area contributed by atoms with Gasteiger partial charge in [-0.15, -0.1) is 0 Å². The third-order valence-corrected chi connectivity index (χ3v) is 5.16. The summed E-state index contributed by atoms with van der Waals surface area (Å²) in [5.41, 5.74) is 1.58.